The fourth-order valence-electron chi connectivity index (χ4n) is 3.35. The van der Waals surface area contributed by atoms with Crippen molar-refractivity contribution in [3.63, 3.8) is 0 Å². The molecule has 2 heterocycles. The van der Waals surface area contributed by atoms with E-state index in [0.717, 1.165) is 16.7 Å². The second-order valence-corrected chi connectivity index (χ2v) is 7.88. The third-order valence-corrected chi connectivity index (χ3v) is 5.70. The molecule has 1 N–H and O–H groups in total. The molecule has 7 heteroatoms. The molecule has 0 saturated heterocycles. The van der Waals surface area contributed by atoms with Crippen molar-refractivity contribution in [1.29, 1.82) is 0 Å². The number of para-hydroxylation sites is 1. The van der Waals surface area contributed by atoms with Gasteiger partial charge >= 0.3 is 6.09 Å². The van der Waals surface area contributed by atoms with E-state index < -0.39 is 6.09 Å². The Hall–Kier alpha value is -3.45. The summed E-state index contributed by atoms with van der Waals surface area (Å²) in [4.78, 5) is 30.2. The molecule has 152 valence electrons. The van der Waals surface area contributed by atoms with Crippen LogP contribution >= 0.6 is 11.3 Å². The summed E-state index contributed by atoms with van der Waals surface area (Å²) in [6, 6.07) is 15.2. The molecular weight excluding hydrogens is 398 g/mol. The van der Waals surface area contributed by atoms with Crippen LogP contribution in [0.25, 0.3) is 21.3 Å². The van der Waals surface area contributed by atoms with E-state index in [1.807, 2.05) is 49.6 Å². The van der Waals surface area contributed by atoms with Crippen LogP contribution in [0.15, 0.2) is 65.0 Å². The number of nitrogens with one attached hydrogen (secondary N) is 1. The number of rotatable bonds is 5. The highest BCUT2D eigenvalue weighted by molar-refractivity contribution is 7.17. The van der Waals surface area contributed by atoms with Crippen LogP contribution in [-0.4, -0.2) is 22.3 Å². The number of thiophene rings is 1. The van der Waals surface area contributed by atoms with E-state index in [4.69, 9.17) is 4.74 Å². The lowest BCUT2D eigenvalue weighted by atomic mass is 9.99. The number of ether oxygens (including phenoxy) is 1. The molecule has 4 aromatic rings. The average molecular weight is 420 g/mol. The van der Waals surface area contributed by atoms with Gasteiger partial charge in [-0.1, -0.05) is 42.0 Å². The number of amides is 1. The normalized spacial score (nSPS) is 10.9. The van der Waals surface area contributed by atoms with Crippen LogP contribution in [0.4, 0.5) is 10.5 Å². The summed E-state index contributed by atoms with van der Waals surface area (Å²) in [6.45, 7) is 4.38. The minimum atomic E-state index is -0.560. The first kappa shape index (κ1) is 19.8. The van der Waals surface area contributed by atoms with Gasteiger partial charge in [0, 0.05) is 16.6 Å². The molecule has 1 amide bonds. The molecule has 0 radical (unpaired) electrons. The third-order valence-electron chi connectivity index (χ3n) is 4.82. The summed E-state index contributed by atoms with van der Waals surface area (Å²) in [5.74, 6) is 0. The zero-order valence-corrected chi connectivity index (χ0v) is 17.5. The molecule has 2 aromatic carbocycles. The summed E-state index contributed by atoms with van der Waals surface area (Å²) in [7, 11) is 0. The Bertz CT molecular complexity index is 1260. The number of anilines is 1. The van der Waals surface area contributed by atoms with Gasteiger partial charge in [0.05, 0.1) is 18.3 Å². The van der Waals surface area contributed by atoms with Crippen molar-refractivity contribution in [1.82, 2.24) is 9.55 Å². The molecule has 0 atom stereocenters. The fraction of sp³-hybridized carbons (Fsp3) is 0.174. The highest BCUT2D eigenvalue weighted by atomic mass is 32.1. The van der Waals surface area contributed by atoms with Crippen molar-refractivity contribution in [3.05, 3.63) is 81.7 Å². The first-order valence-corrected chi connectivity index (χ1v) is 10.4. The van der Waals surface area contributed by atoms with E-state index in [1.54, 1.807) is 12.1 Å². The number of hydrogen-bond donors (Lipinski definition) is 1. The van der Waals surface area contributed by atoms with Crippen LogP contribution in [0.1, 0.15) is 11.1 Å². The molecular formula is C23H21N3O3S. The van der Waals surface area contributed by atoms with E-state index in [0.29, 0.717) is 15.9 Å². The molecule has 0 spiro atoms. The maximum absolute atomic E-state index is 13.1. The van der Waals surface area contributed by atoms with Gasteiger partial charge in [-0.15, -0.1) is 11.3 Å². The van der Waals surface area contributed by atoms with Gasteiger partial charge in [0.15, 0.2) is 0 Å². The van der Waals surface area contributed by atoms with E-state index in [2.05, 4.69) is 16.4 Å². The van der Waals surface area contributed by atoms with Gasteiger partial charge in [0.25, 0.3) is 5.56 Å². The van der Waals surface area contributed by atoms with E-state index in [-0.39, 0.29) is 18.7 Å². The van der Waals surface area contributed by atoms with Crippen molar-refractivity contribution in [2.24, 2.45) is 0 Å². The largest absolute Gasteiger partial charge is 0.447 e. The third kappa shape index (κ3) is 4.11. The van der Waals surface area contributed by atoms with Crippen molar-refractivity contribution >= 4 is 33.3 Å². The number of carbonyl (C=O) groups excluding carboxylic acids is 1. The second-order valence-electron chi connectivity index (χ2n) is 7.02. The minimum absolute atomic E-state index is 0.0643. The summed E-state index contributed by atoms with van der Waals surface area (Å²) in [5, 5.41) is 5.22. The smallest absolute Gasteiger partial charge is 0.411 e. The predicted octanol–water partition coefficient (Wildman–Crippen LogP) is 4.99. The SMILES string of the molecule is Cc1ccc(-c2csc3ncn(CCOC(=O)Nc4ccccc4)c(=O)c23)c(C)c1. The minimum Gasteiger partial charge on any atom is -0.447 e. The van der Waals surface area contributed by atoms with Crippen molar-refractivity contribution < 1.29 is 9.53 Å². The highest BCUT2D eigenvalue weighted by Gasteiger charge is 2.15. The van der Waals surface area contributed by atoms with Gasteiger partial charge in [-0.25, -0.2) is 9.78 Å². The lowest BCUT2D eigenvalue weighted by molar-refractivity contribution is 0.156. The Kier molecular flexibility index (Phi) is 5.63. The van der Waals surface area contributed by atoms with Crippen LogP contribution < -0.4 is 10.9 Å². The molecule has 0 unspecified atom stereocenters. The summed E-state index contributed by atoms with van der Waals surface area (Å²) in [5.41, 5.74) is 4.73. The molecule has 0 aliphatic heterocycles. The van der Waals surface area contributed by atoms with Crippen molar-refractivity contribution in [2.75, 3.05) is 11.9 Å². The molecule has 0 bridgehead atoms. The first-order valence-electron chi connectivity index (χ1n) is 9.56. The zero-order chi connectivity index (χ0) is 21.1. The fourth-order valence-corrected chi connectivity index (χ4v) is 4.25. The Balaban J connectivity index is 1.52. The van der Waals surface area contributed by atoms with Gasteiger partial charge in [0.2, 0.25) is 0 Å². The van der Waals surface area contributed by atoms with Gasteiger partial charge in [0.1, 0.15) is 11.4 Å². The first-order chi connectivity index (χ1) is 14.5. The Morgan fingerprint density at radius 3 is 2.70 bits per heavy atom. The van der Waals surface area contributed by atoms with E-state index in [9.17, 15) is 9.59 Å². The van der Waals surface area contributed by atoms with Gasteiger partial charge < -0.3 is 4.74 Å². The molecule has 0 aliphatic carbocycles. The quantitative estimate of drug-likeness (QED) is 0.495. The number of hydrogen-bond acceptors (Lipinski definition) is 5. The van der Waals surface area contributed by atoms with Gasteiger partial charge in [-0.05, 0) is 37.1 Å². The number of fused-ring (bicyclic) bond motifs is 1. The number of aromatic nitrogens is 2. The molecule has 0 fully saturated rings. The van der Waals surface area contributed by atoms with Crippen LogP contribution in [0.5, 0.6) is 0 Å². The second kappa shape index (κ2) is 8.51. The monoisotopic (exact) mass is 419 g/mol. The molecule has 0 saturated carbocycles. The lowest BCUT2D eigenvalue weighted by Gasteiger charge is -2.09. The number of benzene rings is 2. The summed E-state index contributed by atoms with van der Waals surface area (Å²) >= 11 is 1.45. The molecule has 4 rings (SSSR count). The van der Waals surface area contributed by atoms with E-state index in [1.165, 1.54) is 27.8 Å². The van der Waals surface area contributed by atoms with E-state index >= 15 is 0 Å². The lowest BCUT2D eigenvalue weighted by Crippen LogP contribution is -2.24. The van der Waals surface area contributed by atoms with Crippen LogP contribution in [-0.2, 0) is 11.3 Å². The Labute approximate surface area is 177 Å². The average Bonchev–Trinajstić information content (AvgIpc) is 3.15. The van der Waals surface area contributed by atoms with Crippen LogP contribution in [0.2, 0.25) is 0 Å². The highest BCUT2D eigenvalue weighted by Crippen LogP contribution is 2.32. The van der Waals surface area contributed by atoms with Crippen LogP contribution in [0.3, 0.4) is 0 Å². The van der Waals surface area contributed by atoms with Crippen molar-refractivity contribution in [2.45, 2.75) is 20.4 Å². The standard InChI is InChI=1S/C23H21N3O3S/c1-15-8-9-18(16(2)12-15)19-13-30-21-20(19)22(27)26(14-24-21)10-11-29-23(28)25-17-6-4-3-5-7-17/h3-9,12-14H,10-11H2,1-2H3,(H,25,28). The Morgan fingerprint density at radius 2 is 1.93 bits per heavy atom. The predicted molar refractivity (Wildman–Crippen MR) is 120 cm³/mol. The molecule has 0 aliphatic rings. The molecule has 6 nitrogen and oxygen atoms in total. The van der Waals surface area contributed by atoms with Crippen molar-refractivity contribution in [3.8, 4) is 11.1 Å². The van der Waals surface area contributed by atoms with Crippen LogP contribution in [0, 0.1) is 13.8 Å². The molecule has 30 heavy (non-hydrogen) atoms. The van der Waals surface area contributed by atoms with Gasteiger partial charge in [-0.3, -0.25) is 14.7 Å². The maximum atomic E-state index is 13.1. The molecule has 2 aromatic heterocycles. The summed E-state index contributed by atoms with van der Waals surface area (Å²) in [6.07, 6.45) is 0.945. The Morgan fingerprint density at radius 1 is 1.13 bits per heavy atom. The number of nitrogens with zero attached hydrogens (tertiary/aromatic N) is 2. The maximum Gasteiger partial charge on any atom is 0.411 e. The number of aryl methyl sites for hydroxylation is 2. The van der Waals surface area contributed by atoms with Gasteiger partial charge in [-0.2, -0.15) is 0 Å². The summed E-state index contributed by atoms with van der Waals surface area (Å²) < 4.78 is 6.69. The topological polar surface area (TPSA) is 73.2 Å². The zero-order valence-electron chi connectivity index (χ0n) is 16.7. The number of carbonyl (C=O) groups is 1.